The summed E-state index contributed by atoms with van der Waals surface area (Å²) in [6.45, 7) is 0.842. The van der Waals surface area contributed by atoms with Gasteiger partial charge in [-0.15, -0.1) is 0 Å². The number of ether oxygens (including phenoxy) is 1. The van der Waals surface area contributed by atoms with Crippen molar-refractivity contribution in [1.82, 2.24) is 4.90 Å². The number of carboxylic acid groups (broad SMARTS) is 1. The van der Waals surface area contributed by atoms with Crippen molar-refractivity contribution in [2.75, 3.05) is 19.7 Å². The van der Waals surface area contributed by atoms with Crippen LogP contribution in [0.3, 0.4) is 0 Å². The second-order valence-corrected chi connectivity index (χ2v) is 6.01. The zero-order valence-corrected chi connectivity index (χ0v) is 13.1. The Morgan fingerprint density at radius 3 is 2.95 bits per heavy atom. The first-order valence-electron chi connectivity index (χ1n) is 6.45. The molecule has 0 aromatic heterocycles. The highest BCUT2D eigenvalue weighted by atomic mass is 127. The number of amides is 1. The van der Waals surface area contributed by atoms with Crippen LogP contribution >= 0.6 is 22.6 Å². The third kappa shape index (κ3) is 4.09. The van der Waals surface area contributed by atoms with Gasteiger partial charge in [0, 0.05) is 16.7 Å². The highest BCUT2D eigenvalue weighted by molar-refractivity contribution is 14.1. The molecule has 1 N–H and O–H groups in total. The van der Waals surface area contributed by atoms with Gasteiger partial charge in [-0.3, -0.25) is 9.59 Å². The minimum Gasteiger partial charge on any atom is -0.484 e. The van der Waals surface area contributed by atoms with Crippen LogP contribution in [-0.4, -0.2) is 41.6 Å². The Hall–Kier alpha value is -1.31. The van der Waals surface area contributed by atoms with Crippen LogP contribution in [-0.2, 0) is 9.59 Å². The molecule has 1 aliphatic heterocycles. The monoisotopic (exact) mass is 389 g/mol. The topological polar surface area (TPSA) is 66.8 Å². The molecule has 1 fully saturated rings. The van der Waals surface area contributed by atoms with Gasteiger partial charge in [0.2, 0.25) is 0 Å². The molecule has 1 aromatic carbocycles. The van der Waals surface area contributed by atoms with Crippen molar-refractivity contribution in [3.8, 4) is 5.75 Å². The van der Waals surface area contributed by atoms with Gasteiger partial charge in [0.1, 0.15) is 5.75 Å². The molecular formula is C14H16INO4. The number of nitrogens with zero attached hydrogens (tertiary/aromatic N) is 1. The minimum atomic E-state index is -0.832. The van der Waals surface area contributed by atoms with Crippen molar-refractivity contribution in [3.63, 3.8) is 0 Å². The van der Waals surface area contributed by atoms with Gasteiger partial charge in [0.05, 0.1) is 5.92 Å². The molecule has 1 saturated heterocycles. The number of piperidine rings is 1. The van der Waals surface area contributed by atoms with E-state index in [0.717, 1.165) is 9.99 Å². The molecular weight excluding hydrogens is 373 g/mol. The molecule has 6 heteroatoms. The summed E-state index contributed by atoms with van der Waals surface area (Å²) in [5.74, 6) is -0.793. The van der Waals surface area contributed by atoms with Gasteiger partial charge >= 0.3 is 5.97 Å². The molecule has 1 unspecified atom stereocenters. The number of aliphatic carboxylic acids is 1. The van der Waals surface area contributed by atoms with Crippen LogP contribution in [0.4, 0.5) is 0 Å². The number of halogens is 1. The summed E-state index contributed by atoms with van der Waals surface area (Å²) in [5, 5.41) is 9.01. The highest BCUT2D eigenvalue weighted by Crippen LogP contribution is 2.18. The Kier molecular flexibility index (Phi) is 5.22. The van der Waals surface area contributed by atoms with Crippen LogP contribution in [0.5, 0.6) is 5.75 Å². The third-order valence-electron chi connectivity index (χ3n) is 3.28. The molecule has 1 aromatic rings. The molecule has 2 rings (SSSR count). The number of likely N-dealkylation sites (tertiary alicyclic amines) is 1. The smallest absolute Gasteiger partial charge is 0.308 e. The number of hydrogen-bond acceptors (Lipinski definition) is 3. The summed E-state index contributed by atoms with van der Waals surface area (Å²) >= 11 is 2.17. The second-order valence-electron chi connectivity index (χ2n) is 4.76. The Labute approximate surface area is 131 Å². The average Bonchev–Trinajstić information content (AvgIpc) is 2.45. The van der Waals surface area contributed by atoms with Crippen molar-refractivity contribution < 1.29 is 19.4 Å². The summed E-state index contributed by atoms with van der Waals surface area (Å²) in [6, 6.07) is 7.45. The molecule has 0 spiro atoms. The van der Waals surface area contributed by atoms with E-state index in [1.807, 2.05) is 18.2 Å². The number of benzene rings is 1. The Morgan fingerprint density at radius 1 is 1.45 bits per heavy atom. The van der Waals surface area contributed by atoms with Crippen molar-refractivity contribution in [2.45, 2.75) is 12.8 Å². The lowest BCUT2D eigenvalue weighted by atomic mass is 9.98. The maximum atomic E-state index is 12.0. The van der Waals surface area contributed by atoms with E-state index in [9.17, 15) is 9.59 Å². The second kappa shape index (κ2) is 6.92. The summed E-state index contributed by atoms with van der Waals surface area (Å²) in [6.07, 6.45) is 1.36. The van der Waals surface area contributed by atoms with Crippen molar-refractivity contribution in [3.05, 3.63) is 27.8 Å². The van der Waals surface area contributed by atoms with E-state index >= 15 is 0 Å². The van der Waals surface area contributed by atoms with Crippen LogP contribution in [0, 0.1) is 9.49 Å². The fourth-order valence-electron chi connectivity index (χ4n) is 2.20. The predicted octanol–water partition coefficient (Wildman–Crippen LogP) is 1.99. The molecule has 108 valence electrons. The number of rotatable bonds is 4. The lowest BCUT2D eigenvalue weighted by Crippen LogP contribution is -2.44. The first-order valence-corrected chi connectivity index (χ1v) is 7.53. The van der Waals surface area contributed by atoms with Gasteiger partial charge in [-0.25, -0.2) is 0 Å². The van der Waals surface area contributed by atoms with E-state index in [1.165, 1.54) is 0 Å². The molecule has 0 bridgehead atoms. The molecule has 1 amide bonds. The number of carboxylic acids is 1. The fraction of sp³-hybridized carbons (Fsp3) is 0.429. The van der Waals surface area contributed by atoms with Gasteiger partial charge in [-0.1, -0.05) is 6.07 Å². The molecule has 20 heavy (non-hydrogen) atoms. The van der Waals surface area contributed by atoms with Crippen molar-refractivity contribution in [2.24, 2.45) is 5.92 Å². The summed E-state index contributed by atoms with van der Waals surface area (Å²) in [5.41, 5.74) is 0. The summed E-state index contributed by atoms with van der Waals surface area (Å²) in [4.78, 5) is 24.6. The first-order chi connectivity index (χ1) is 9.56. The fourth-order valence-corrected chi connectivity index (χ4v) is 2.71. The molecule has 0 aliphatic carbocycles. The van der Waals surface area contributed by atoms with E-state index in [4.69, 9.17) is 9.84 Å². The Balaban J connectivity index is 1.87. The standard InChI is InChI=1S/C14H16INO4/c15-11-4-1-5-12(7-11)20-9-13(17)16-6-2-3-10(8-16)14(18)19/h1,4-5,7,10H,2-3,6,8-9H2,(H,18,19). The minimum absolute atomic E-state index is 0.0492. The normalized spacial score (nSPS) is 18.6. The Bertz CT molecular complexity index is 506. The van der Waals surface area contributed by atoms with Crippen LogP contribution in [0.25, 0.3) is 0 Å². The first kappa shape index (κ1) is 15.1. The lowest BCUT2D eigenvalue weighted by molar-refractivity contribution is -0.146. The van der Waals surface area contributed by atoms with Gasteiger partial charge in [0.25, 0.3) is 5.91 Å². The largest absolute Gasteiger partial charge is 0.484 e. The maximum absolute atomic E-state index is 12.0. The molecule has 0 saturated carbocycles. The van der Waals surface area contributed by atoms with E-state index in [-0.39, 0.29) is 19.1 Å². The van der Waals surface area contributed by atoms with E-state index in [0.29, 0.717) is 18.7 Å². The Morgan fingerprint density at radius 2 is 2.25 bits per heavy atom. The van der Waals surface area contributed by atoms with Crippen LogP contribution < -0.4 is 4.74 Å². The van der Waals surface area contributed by atoms with Crippen LogP contribution in [0.1, 0.15) is 12.8 Å². The lowest BCUT2D eigenvalue weighted by Gasteiger charge is -2.30. The quantitative estimate of drug-likeness (QED) is 0.801. The van der Waals surface area contributed by atoms with Crippen molar-refractivity contribution in [1.29, 1.82) is 0 Å². The van der Waals surface area contributed by atoms with Crippen molar-refractivity contribution >= 4 is 34.5 Å². The summed E-state index contributed by atoms with van der Waals surface area (Å²) in [7, 11) is 0. The highest BCUT2D eigenvalue weighted by Gasteiger charge is 2.28. The molecule has 1 heterocycles. The van der Waals surface area contributed by atoms with Gasteiger partial charge < -0.3 is 14.7 Å². The van der Waals surface area contributed by atoms with E-state index in [2.05, 4.69) is 22.6 Å². The zero-order chi connectivity index (χ0) is 14.5. The molecule has 1 atom stereocenters. The van der Waals surface area contributed by atoms with Gasteiger partial charge in [0.15, 0.2) is 6.61 Å². The molecule has 5 nitrogen and oxygen atoms in total. The van der Waals surface area contributed by atoms with E-state index in [1.54, 1.807) is 11.0 Å². The number of hydrogen-bond donors (Lipinski definition) is 1. The maximum Gasteiger partial charge on any atom is 0.308 e. The van der Waals surface area contributed by atoms with E-state index < -0.39 is 11.9 Å². The van der Waals surface area contributed by atoms with Crippen LogP contribution in [0.2, 0.25) is 0 Å². The van der Waals surface area contributed by atoms with Gasteiger partial charge in [-0.2, -0.15) is 0 Å². The van der Waals surface area contributed by atoms with Crippen LogP contribution in [0.15, 0.2) is 24.3 Å². The van der Waals surface area contributed by atoms with Gasteiger partial charge in [-0.05, 0) is 53.6 Å². The molecule has 0 radical (unpaired) electrons. The average molecular weight is 389 g/mol. The summed E-state index contributed by atoms with van der Waals surface area (Å²) < 4.78 is 6.49. The zero-order valence-electron chi connectivity index (χ0n) is 10.9. The predicted molar refractivity (Wildman–Crippen MR) is 81.6 cm³/mol. The number of carbonyl (C=O) groups is 2. The SMILES string of the molecule is O=C(O)C1CCCN(C(=O)COc2cccc(I)c2)C1. The number of carbonyl (C=O) groups excluding carboxylic acids is 1. The molecule has 1 aliphatic rings. The third-order valence-corrected chi connectivity index (χ3v) is 3.95.